The van der Waals surface area contributed by atoms with Gasteiger partial charge in [0.05, 0.1) is 31.3 Å². The molecule has 6 rings (SSSR count). The molecule has 2 aromatic heterocycles. The highest BCUT2D eigenvalue weighted by Gasteiger charge is 2.28. The van der Waals surface area contributed by atoms with Gasteiger partial charge in [0.25, 0.3) is 26.1 Å². The summed E-state index contributed by atoms with van der Waals surface area (Å²) in [5.74, 6) is 0.639. The van der Waals surface area contributed by atoms with E-state index in [9.17, 15) is 21.6 Å². The van der Waals surface area contributed by atoms with Gasteiger partial charge in [0.1, 0.15) is 17.7 Å². The molecule has 1 saturated heterocycles. The Morgan fingerprint density at radius 1 is 0.980 bits per heavy atom. The van der Waals surface area contributed by atoms with E-state index < -0.39 is 20.2 Å². The fraction of sp³-hybridized carbons (Fsp3) is 0.303. The monoisotopic (exact) mass is 745 g/mol. The maximum atomic E-state index is 13.4. The smallest absolute Gasteiger partial charge is 0.261 e. The molecule has 4 aromatic rings. The number of pyridine rings is 1. The third-order valence-electron chi connectivity index (χ3n) is 7.07. The minimum atomic E-state index is -3.67. The van der Waals surface area contributed by atoms with Crippen LogP contribution in [0.15, 0.2) is 96.5 Å². The van der Waals surface area contributed by atoms with Gasteiger partial charge in [-0.05, 0) is 24.3 Å². The van der Waals surface area contributed by atoms with Crippen molar-refractivity contribution in [2.24, 2.45) is 5.16 Å². The van der Waals surface area contributed by atoms with Crippen LogP contribution in [-0.2, 0) is 35.6 Å². The van der Waals surface area contributed by atoms with Gasteiger partial charge in [-0.2, -0.15) is 16.8 Å². The SMILES string of the molecule is CS(=O)(=O)O.CS(=O)(=O)O.O=C(Nc1cccc(C(=NOCCN2CCOCC2)c2ccccc2)c1)c1ccn2c1CSC2c1cccnc1. The van der Waals surface area contributed by atoms with E-state index in [1.165, 1.54) is 0 Å². The van der Waals surface area contributed by atoms with Crippen molar-refractivity contribution < 1.29 is 40.3 Å². The van der Waals surface area contributed by atoms with Crippen LogP contribution in [0.25, 0.3) is 0 Å². The number of thioether (sulfide) groups is 1. The van der Waals surface area contributed by atoms with Gasteiger partial charge in [-0.1, -0.05) is 53.7 Å². The Kier molecular flexibility index (Phi) is 14.1. The zero-order valence-electron chi connectivity index (χ0n) is 27.5. The molecule has 14 nitrogen and oxygen atoms in total. The van der Waals surface area contributed by atoms with E-state index >= 15 is 0 Å². The number of rotatable bonds is 9. The number of hydrogen-bond acceptors (Lipinski definition) is 11. The Balaban J connectivity index is 0.000000496. The Morgan fingerprint density at radius 3 is 2.32 bits per heavy atom. The lowest BCUT2D eigenvalue weighted by atomic mass is 10.0. The van der Waals surface area contributed by atoms with Crippen molar-refractivity contribution in [1.82, 2.24) is 14.5 Å². The maximum Gasteiger partial charge on any atom is 0.261 e. The van der Waals surface area contributed by atoms with Crippen LogP contribution in [0.1, 0.15) is 38.1 Å². The molecular weight excluding hydrogens is 707 g/mol. The summed E-state index contributed by atoms with van der Waals surface area (Å²) in [6.45, 7) is 4.63. The molecule has 0 saturated carbocycles. The topological polar surface area (TPSA) is 190 Å². The van der Waals surface area contributed by atoms with Gasteiger partial charge in [-0.3, -0.25) is 23.8 Å². The summed E-state index contributed by atoms with van der Waals surface area (Å²) in [7, 11) is -7.33. The number of aromatic nitrogens is 2. The molecule has 0 radical (unpaired) electrons. The van der Waals surface area contributed by atoms with Crippen LogP contribution in [0, 0.1) is 0 Å². The molecule has 17 heteroatoms. The molecule has 0 spiro atoms. The van der Waals surface area contributed by atoms with Crippen molar-refractivity contribution in [3.8, 4) is 0 Å². The third-order valence-corrected chi connectivity index (χ3v) is 8.32. The first kappa shape index (κ1) is 38.7. The van der Waals surface area contributed by atoms with Gasteiger partial charge in [0.15, 0.2) is 0 Å². The minimum Gasteiger partial charge on any atom is -0.394 e. The minimum absolute atomic E-state index is 0.126. The molecule has 1 fully saturated rings. The number of hydrogen-bond donors (Lipinski definition) is 3. The number of benzene rings is 2. The molecule has 2 aliphatic heterocycles. The summed E-state index contributed by atoms with van der Waals surface area (Å²) in [5, 5.41) is 7.76. The summed E-state index contributed by atoms with van der Waals surface area (Å²) < 4.78 is 59.3. The average molecular weight is 746 g/mol. The van der Waals surface area contributed by atoms with Gasteiger partial charge < -0.3 is 19.5 Å². The number of ether oxygens (including phenoxy) is 1. The van der Waals surface area contributed by atoms with E-state index in [1.807, 2.05) is 79.1 Å². The number of fused-ring (bicyclic) bond motifs is 1. The number of oxime groups is 1. The van der Waals surface area contributed by atoms with E-state index in [-0.39, 0.29) is 11.3 Å². The molecule has 4 heterocycles. The Labute approximate surface area is 296 Å². The lowest BCUT2D eigenvalue weighted by Gasteiger charge is -2.25. The number of amides is 1. The molecular formula is C33H39N5O9S3. The number of anilines is 1. The summed E-state index contributed by atoms with van der Waals surface area (Å²) in [6.07, 6.45) is 7.08. The highest BCUT2D eigenvalue weighted by Crippen LogP contribution is 2.42. The van der Waals surface area contributed by atoms with Crippen LogP contribution in [0.2, 0.25) is 0 Å². The summed E-state index contributed by atoms with van der Waals surface area (Å²) in [6, 6.07) is 23.6. The fourth-order valence-corrected chi connectivity index (χ4v) is 6.30. The largest absolute Gasteiger partial charge is 0.394 e. The van der Waals surface area contributed by atoms with Crippen LogP contribution >= 0.6 is 11.8 Å². The quantitative estimate of drug-likeness (QED) is 0.0967. The summed E-state index contributed by atoms with van der Waals surface area (Å²) >= 11 is 1.80. The van der Waals surface area contributed by atoms with Crippen molar-refractivity contribution in [1.29, 1.82) is 0 Å². The lowest BCUT2D eigenvalue weighted by molar-refractivity contribution is 0.0212. The first-order chi connectivity index (χ1) is 23.8. The van der Waals surface area contributed by atoms with Gasteiger partial charge in [-0.15, -0.1) is 11.8 Å². The standard InChI is InChI=1S/C31H31N5O3S.2CH4O3S/c37-30(27-11-13-36-28(27)22-40-31(36)25-9-5-12-32-21-25)33-26-10-4-8-24(20-26)29(23-6-2-1-3-7-23)34-39-19-16-35-14-17-38-18-15-35;2*1-5(2,3)4/h1-13,20-21,31H,14-19,22H2,(H,33,37);2*1H3,(H,2,3,4). The molecule has 1 amide bonds. The second-order valence-corrected chi connectivity index (χ2v) is 15.1. The van der Waals surface area contributed by atoms with Crippen LogP contribution in [0.3, 0.4) is 0 Å². The molecule has 50 heavy (non-hydrogen) atoms. The Bertz CT molecular complexity index is 1900. The zero-order valence-corrected chi connectivity index (χ0v) is 29.9. The van der Waals surface area contributed by atoms with Crippen LogP contribution in [0.5, 0.6) is 0 Å². The first-order valence-electron chi connectivity index (χ1n) is 15.3. The Morgan fingerprint density at radius 2 is 1.66 bits per heavy atom. The summed E-state index contributed by atoms with van der Waals surface area (Å²) in [5.41, 5.74) is 6.07. The molecule has 2 aliphatic rings. The van der Waals surface area contributed by atoms with E-state index in [2.05, 4.69) is 31.0 Å². The Hall–Kier alpha value is -4.10. The number of carbonyl (C=O) groups is 1. The van der Waals surface area contributed by atoms with Crippen molar-refractivity contribution >= 4 is 49.3 Å². The molecule has 3 N–H and O–H groups in total. The predicted octanol–water partition coefficient (Wildman–Crippen LogP) is 4.04. The van der Waals surface area contributed by atoms with Crippen molar-refractivity contribution in [2.75, 3.05) is 57.3 Å². The van der Waals surface area contributed by atoms with Crippen molar-refractivity contribution in [3.05, 3.63) is 119 Å². The number of morpholine rings is 1. The normalized spacial score (nSPS) is 16.2. The van der Waals surface area contributed by atoms with Crippen molar-refractivity contribution in [2.45, 2.75) is 11.1 Å². The highest BCUT2D eigenvalue weighted by molar-refractivity contribution is 7.99. The van der Waals surface area contributed by atoms with Crippen molar-refractivity contribution in [3.63, 3.8) is 0 Å². The first-order valence-corrected chi connectivity index (χ1v) is 20.0. The second-order valence-electron chi connectivity index (χ2n) is 11.1. The van der Waals surface area contributed by atoms with Crippen LogP contribution < -0.4 is 5.32 Å². The molecule has 2 aromatic carbocycles. The van der Waals surface area contributed by atoms with Gasteiger partial charge in [0.2, 0.25) is 0 Å². The predicted molar refractivity (Wildman–Crippen MR) is 193 cm³/mol. The second kappa shape index (κ2) is 18.2. The maximum absolute atomic E-state index is 13.4. The third kappa shape index (κ3) is 13.0. The van der Waals surface area contributed by atoms with Crippen LogP contribution in [0.4, 0.5) is 5.69 Å². The highest BCUT2D eigenvalue weighted by atomic mass is 32.2. The van der Waals surface area contributed by atoms with E-state index in [0.29, 0.717) is 30.4 Å². The number of nitrogens with one attached hydrogen (secondary N) is 1. The molecule has 268 valence electrons. The van der Waals surface area contributed by atoms with Crippen LogP contribution in [-0.4, -0.2) is 104 Å². The number of nitrogens with zero attached hydrogens (tertiary/aromatic N) is 4. The fourth-order valence-electron chi connectivity index (χ4n) is 4.99. The van der Waals surface area contributed by atoms with Gasteiger partial charge >= 0.3 is 0 Å². The number of carbonyl (C=O) groups excluding carboxylic acids is 1. The summed E-state index contributed by atoms with van der Waals surface area (Å²) in [4.78, 5) is 25.7. The average Bonchev–Trinajstić information content (AvgIpc) is 3.68. The van der Waals surface area contributed by atoms with E-state index in [4.69, 9.17) is 18.7 Å². The van der Waals surface area contributed by atoms with E-state index in [0.717, 1.165) is 66.7 Å². The van der Waals surface area contributed by atoms with E-state index in [1.54, 1.807) is 18.0 Å². The van der Waals surface area contributed by atoms with Gasteiger partial charge in [-0.25, -0.2) is 0 Å². The zero-order chi connectivity index (χ0) is 36.1. The lowest BCUT2D eigenvalue weighted by Crippen LogP contribution is -2.38. The van der Waals surface area contributed by atoms with Gasteiger partial charge in [0, 0.05) is 72.0 Å². The molecule has 0 aliphatic carbocycles. The molecule has 0 bridgehead atoms. The molecule has 1 atom stereocenters. The molecule has 1 unspecified atom stereocenters.